The molecule has 1 unspecified atom stereocenters. The van der Waals surface area contributed by atoms with Gasteiger partial charge >= 0.3 is 0 Å². The molecule has 1 aromatic rings. The fraction of sp³-hybridized carbons (Fsp3) is 0.462. The summed E-state index contributed by atoms with van der Waals surface area (Å²) in [7, 11) is 0. The first-order valence-corrected chi connectivity index (χ1v) is 6.14. The molecular weight excluding hydrogens is 241 g/mol. The standard InChI is InChI=1S/C13H15ClFNO/c1-9-6-11(17)4-5-16(9)8-10-2-3-13(15)12(14)7-10/h2-3,7,9H,4-6,8H2,1H3. The Labute approximate surface area is 105 Å². The molecule has 17 heavy (non-hydrogen) atoms. The predicted octanol–water partition coefficient (Wildman–Crippen LogP) is 3.03. The smallest absolute Gasteiger partial charge is 0.141 e. The van der Waals surface area contributed by atoms with Gasteiger partial charge in [0.25, 0.3) is 0 Å². The number of carbonyl (C=O) groups is 1. The zero-order valence-electron chi connectivity index (χ0n) is 9.75. The Morgan fingerprint density at radius 2 is 2.29 bits per heavy atom. The maximum atomic E-state index is 13.0. The van der Waals surface area contributed by atoms with Gasteiger partial charge in [-0.15, -0.1) is 0 Å². The highest BCUT2D eigenvalue weighted by Crippen LogP contribution is 2.20. The van der Waals surface area contributed by atoms with E-state index in [-0.39, 0.29) is 11.1 Å². The largest absolute Gasteiger partial charge is 0.300 e. The van der Waals surface area contributed by atoms with E-state index in [1.54, 1.807) is 12.1 Å². The van der Waals surface area contributed by atoms with E-state index in [9.17, 15) is 9.18 Å². The van der Waals surface area contributed by atoms with Crippen LogP contribution in [0.2, 0.25) is 5.02 Å². The minimum atomic E-state index is -0.391. The molecule has 0 spiro atoms. The maximum absolute atomic E-state index is 13.0. The Balaban J connectivity index is 2.05. The van der Waals surface area contributed by atoms with E-state index in [0.717, 1.165) is 12.1 Å². The fourth-order valence-corrected chi connectivity index (χ4v) is 2.36. The minimum absolute atomic E-state index is 0.156. The molecule has 1 atom stereocenters. The van der Waals surface area contributed by atoms with E-state index < -0.39 is 5.82 Å². The van der Waals surface area contributed by atoms with Crippen LogP contribution in [0.25, 0.3) is 0 Å². The zero-order valence-corrected chi connectivity index (χ0v) is 10.5. The van der Waals surface area contributed by atoms with Gasteiger partial charge in [-0.25, -0.2) is 4.39 Å². The van der Waals surface area contributed by atoms with Crippen molar-refractivity contribution in [2.24, 2.45) is 0 Å². The molecule has 1 heterocycles. The number of likely N-dealkylation sites (tertiary alicyclic amines) is 1. The topological polar surface area (TPSA) is 20.3 Å². The Kier molecular flexibility index (Phi) is 3.79. The first-order chi connectivity index (χ1) is 8.06. The Morgan fingerprint density at radius 1 is 1.53 bits per heavy atom. The van der Waals surface area contributed by atoms with Crippen molar-refractivity contribution < 1.29 is 9.18 Å². The molecule has 1 saturated heterocycles. The second-order valence-electron chi connectivity index (χ2n) is 4.56. The third-order valence-corrected chi connectivity index (χ3v) is 3.48. The van der Waals surface area contributed by atoms with E-state index in [1.807, 2.05) is 6.92 Å². The second-order valence-corrected chi connectivity index (χ2v) is 4.97. The van der Waals surface area contributed by atoms with Gasteiger partial charge in [-0.2, -0.15) is 0 Å². The molecule has 0 saturated carbocycles. The molecule has 1 aliphatic heterocycles. The number of halogens is 2. The Hall–Kier alpha value is -0.930. The summed E-state index contributed by atoms with van der Waals surface area (Å²) < 4.78 is 13.0. The van der Waals surface area contributed by atoms with Crippen molar-refractivity contribution in [3.63, 3.8) is 0 Å². The third-order valence-electron chi connectivity index (χ3n) is 3.19. The van der Waals surface area contributed by atoms with Crippen LogP contribution < -0.4 is 0 Å². The van der Waals surface area contributed by atoms with E-state index >= 15 is 0 Å². The molecule has 1 aliphatic rings. The number of hydrogen-bond donors (Lipinski definition) is 0. The number of ketones is 1. The summed E-state index contributed by atoms with van der Waals surface area (Å²) in [4.78, 5) is 13.5. The molecule has 0 bridgehead atoms. The van der Waals surface area contributed by atoms with Gasteiger partial charge in [0.05, 0.1) is 5.02 Å². The predicted molar refractivity (Wildman–Crippen MR) is 65.5 cm³/mol. The number of hydrogen-bond acceptors (Lipinski definition) is 2. The van der Waals surface area contributed by atoms with Crippen molar-refractivity contribution in [3.05, 3.63) is 34.6 Å². The van der Waals surface area contributed by atoms with Crippen LogP contribution in [-0.2, 0) is 11.3 Å². The third kappa shape index (κ3) is 3.05. The van der Waals surface area contributed by atoms with E-state index in [1.165, 1.54) is 6.07 Å². The van der Waals surface area contributed by atoms with Gasteiger partial charge in [0.1, 0.15) is 11.6 Å². The van der Waals surface area contributed by atoms with Gasteiger partial charge in [-0.05, 0) is 24.6 Å². The molecule has 92 valence electrons. The number of Topliss-reactive ketones (excluding diaryl/α,β-unsaturated/α-hetero) is 1. The lowest BCUT2D eigenvalue weighted by molar-refractivity contribution is -0.123. The van der Waals surface area contributed by atoms with Gasteiger partial charge in [-0.3, -0.25) is 9.69 Å². The second kappa shape index (κ2) is 5.15. The first-order valence-electron chi connectivity index (χ1n) is 5.76. The van der Waals surface area contributed by atoms with Crippen LogP contribution in [0.15, 0.2) is 18.2 Å². The molecule has 1 fully saturated rings. The van der Waals surface area contributed by atoms with Crippen molar-refractivity contribution in [2.75, 3.05) is 6.54 Å². The molecule has 0 amide bonds. The summed E-state index contributed by atoms with van der Waals surface area (Å²) in [5, 5.41) is 0.156. The molecule has 2 nitrogen and oxygen atoms in total. The molecule has 1 aromatic carbocycles. The van der Waals surface area contributed by atoms with Crippen molar-refractivity contribution >= 4 is 17.4 Å². The van der Waals surface area contributed by atoms with E-state index in [0.29, 0.717) is 25.2 Å². The maximum Gasteiger partial charge on any atom is 0.141 e. The molecular formula is C13H15ClFNO. The minimum Gasteiger partial charge on any atom is -0.300 e. The summed E-state index contributed by atoms with van der Waals surface area (Å²) in [5.41, 5.74) is 0.984. The highest BCUT2D eigenvalue weighted by Gasteiger charge is 2.23. The highest BCUT2D eigenvalue weighted by molar-refractivity contribution is 6.30. The Morgan fingerprint density at radius 3 is 2.94 bits per heavy atom. The number of nitrogens with zero attached hydrogens (tertiary/aromatic N) is 1. The summed E-state index contributed by atoms with van der Waals surface area (Å²) in [6, 6.07) is 5.03. The quantitative estimate of drug-likeness (QED) is 0.810. The molecule has 0 N–H and O–H groups in total. The lowest BCUT2D eigenvalue weighted by Gasteiger charge is -2.32. The van der Waals surface area contributed by atoms with Gasteiger partial charge < -0.3 is 0 Å². The normalized spacial score (nSPS) is 21.8. The summed E-state index contributed by atoms with van der Waals surface area (Å²) in [5.74, 6) is -0.0665. The average Bonchev–Trinajstić information content (AvgIpc) is 2.27. The van der Waals surface area contributed by atoms with Gasteiger partial charge in [-0.1, -0.05) is 17.7 Å². The van der Waals surface area contributed by atoms with E-state index in [2.05, 4.69) is 4.90 Å². The van der Waals surface area contributed by atoms with Gasteiger partial charge in [0.2, 0.25) is 0 Å². The van der Waals surface area contributed by atoms with Crippen LogP contribution >= 0.6 is 11.6 Å². The van der Waals surface area contributed by atoms with Crippen molar-refractivity contribution in [1.82, 2.24) is 4.90 Å². The average molecular weight is 256 g/mol. The van der Waals surface area contributed by atoms with Crippen LogP contribution in [-0.4, -0.2) is 23.3 Å². The lowest BCUT2D eigenvalue weighted by Crippen LogP contribution is -2.40. The lowest BCUT2D eigenvalue weighted by atomic mass is 10.0. The van der Waals surface area contributed by atoms with Crippen LogP contribution in [0, 0.1) is 5.82 Å². The van der Waals surface area contributed by atoms with Gasteiger partial charge in [0, 0.05) is 32.0 Å². The molecule has 0 aliphatic carbocycles. The number of piperidine rings is 1. The summed E-state index contributed by atoms with van der Waals surface area (Å²) >= 11 is 5.74. The van der Waals surface area contributed by atoms with Crippen molar-refractivity contribution in [2.45, 2.75) is 32.4 Å². The number of rotatable bonds is 2. The molecule has 0 aromatic heterocycles. The molecule has 2 rings (SSSR count). The van der Waals surface area contributed by atoms with Crippen molar-refractivity contribution in [1.29, 1.82) is 0 Å². The highest BCUT2D eigenvalue weighted by atomic mass is 35.5. The van der Waals surface area contributed by atoms with Crippen LogP contribution in [0.3, 0.4) is 0 Å². The molecule has 0 radical (unpaired) electrons. The SMILES string of the molecule is CC1CC(=O)CCN1Cc1ccc(F)c(Cl)c1. The van der Waals surface area contributed by atoms with Crippen LogP contribution in [0.4, 0.5) is 4.39 Å². The first kappa shape index (κ1) is 12.5. The van der Waals surface area contributed by atoms with Crippen LogP contribution in [0.5, 0.6) is 0 Å². The Bertz CT molecular complexity index is 435. The fourth-order valence-electron chi connectivity index (χ4n) is 2.16. The van der Waals surface area contributed by atoms with Crippen molar-refractivity contribution in [3.8, 4) is 0 Å². The van der Waals surface area contributed by atoms with Crippen LogP contribution in [0.1, 0.15) is 25.3 Å². The van der Waals surface area contributed by atoms with Gasteiger partial charge in [0.15, 0.2) is 0 Å². The summed E-state index contributed by atoms with van der Waals surface area (Å²) in [6.07, 6.45) is 1.22. The number of benzene rings is 1. The zero-order chi connectivity index (χ0) is 12.4. The summed E-state index contributed by atoms with van der Waals surface area (Å²) in [6.45, 7) is 3.53. The number of carbonyl (C=O) groups excluding carboxylic acids is 1. The monoisotopic (exact) mass is 255 g/mol. The van der Waals surface area contributed by atoms with E-state index in [4.69, 9.17) is 11.6 Å². The molecule has 4 heteroatoms.